The Balaban J connectivity index is 3.93. The summed E-state index contributed by atoms with van der Waals surface area (Å²) in [6.45, 7) is 0. The summed E-state index contributed by atoms with van der Waals surface area (Å²) in [5.74, 6) is -25.9. The molecule has 0 amide bonds. The number of carbonyl (C=O) groups excluding carboxylic acids is 10. The Bertz CT molecular complexity index is 1230. The summed E-state index contributed by atoms with van der Waals surface area (Å²) in [7, 11) is 0. The molecule has 0 atom stereocenters. The van der Waals surface area contributed by atoms with E-state index >= 15 is 0 Å². The molecule has 14 nitrogen and oxygen atoms in total. The number of aliphatic carboxylic acids is 2. The van der Waals surface area contributed by atoms with Gasteiger partial charge in [-0.1, -0.05) is 116 Å². The first-order valence-corrected chi connectivity index (χ1v) is 16.6. The van der Waals surface area contributed by atoms with Crippen molar-refractivity contribution in [1.82, 2.24) is 0 Å². The summed E-state index contributed by atoms with van der Waals surface area (Å²) in [6.07, 6.45) is 20.7. The van der Waals surface area contributed by atoms with Crippen LogP contribution in [0, 0.1) is 0 Å². The molecule has 0 aromatic rings. The number of hydrogen-bond acceptors (Lipinski definition) is 12. The van der Waals surface area contributed by atoms with E-state index in [1.807, 2.05) is 0 Å². The monoisotopic (exact) mass is 678 g/mol. The highest BCUT2D eigenvalue weighted by Gasteiger charge is 2.43. The second-order valence-electron chi connectivity index (χ2n) is 11.7. The van der Waals surface area contributed by atoms with Gasteiger partial charge in [-0.05, 0) is 12.8 Å². The number of carbonyl (C=O) groups is 12. The number of ketones is 10. The summed E-state index contributed by atoms with van der Waals surface area (Å²) in [6, 6.07) is 0. The second-order valence-corrected chi connectivity index (χ2v) is 11.7. The number of Topliss-reactive ketones (excluding diaryl/α,β-unsaturated/α-hetero) is 10. The van der Waals surface area contributed by atoms with E-state index in [1.165, 1.54) is 64.2 Å². The van der Waals surface area contributed by atoms with Crippen molar-refractivity contribution in [3.63, 3.8) is 0 Å². The van der Waals surface area contributed by atoms with Gasteiger partial charge < -0.3 is 10.2 Å². The number of unbranched alkanes of at least 4 members (excludes halogenated alkanes) is 19. The molecule has 2 N–H and O–H groups in total. The molecule has 14 heteroatoms. The third-order valence-corrected chi connectivity index (χ3v) is 7.64. The van der Waals surface area contributed by atoms with Crippen molar-refractivity contribution in [2.45, 2.75) is 141 Å². The Hall–Kier alpha value is -4.36. The van der Waals surface area contributed by atoms with Crippen LogP contribution in [0.3, 0.4) is 0 Å². The van der Waals surface area contributed by atoms with Gasteiger partial charge in [-0.3, -0.25) is 52.7 Å². The van der Waals surface area contributed by atoms with Gasteiger partial charge in [-0.15, -0.1) is 0 Å². The summed E-state index contributed by atoms with van der Waals surface area (Å²) in [5.41, 5.74) is 0. The maximum absolute atomic E-state index is 12.0. The SMILES string of the molecule is O=C(O)CCCCCCCCCCCCCCCCCCCCCCC(=O)C(=O)C(=O)C(=O)C(=O)C(=O)C(=O)C(=O)C(=O)C(=O)C(=O)O. The smallest absolute Gasteiger partial charge is 0.380 e. The van der Waals surface area contributed by atoms with E-state index in [-0.39, 0.29) is 12.8 Å². The molecule has 0 saturated heterocycles. The Morgan fingerprint density at radius 3 is 0.708 bits per heavy atom. The van der Waals surface area contributed by atoms with Crippen molar-refractivity contribution in [1.29, 1.82) is 0 Å². The molecule has 0 aromatic heterocycles. The molecule has 0 aliphatic heterocycles. The minimum Gasteiger partial charge on any atom is -0.481 e. The van der Waals surface area contributed by atoms with Gasteiger partial charge in [0.25, 0.3) is 46.3 Å². The fourth-order valence-electron chi connectivity index (χ4n) is 4.80. The predicted molar refractivity (Wildman–Crippen MR) is 167 cm³/mol. The van der Waals surface area contributed by atoms with Crippen molar-refractivity contribution in [2.75, 3.05) is 0 Å². The molecule has 0 unspecified atom stereocenters. The van der Waals surface area contributed by atoms with E-state index in [2.05, 4.69) is 0 Å². The molecule has 0 radical (unpaired) electrons. The average Bonchev–Trinajstić information content (AvgIpc) is 3.06. The predicted octanol–water partition coefficient (Wildman–Crippen LogP) is 3.43. The molecule has 0 bridgehead atoms. The molecule has 0 aliphatic carbocycles. The molecule has 0 aliphatic rings. The minimum absolute atomic E-state index is 0.222. The first-order chi connectivity index (χ1) is 22.7. The van der Waals surface area contributed by atoms with Crippen LogP contribution in [0.25, 0.3) is 0 Å². The number of rotatable bonds is 33. The molecular weight excluding hydrogens is 632 g/mol. The van der Waals surface area contributed by atoms with Crippen molar-refractivity contribution < 1.29 is 67.7 Å². The van der Waals surface area contributed by atoms with Crippen molar-refractivity contribution in [3.8, 4) is 0 Å². The van der Waals surface area contributed by atoms with E-state index in [1.54, 1.807) is 0 Å². The van der Waals surface area contributed by atoms with Crippen LogP contribution < -0.4 is 0 Å². The van der Waals surface area contributed by atoms with E-state index < -0.39 is 76.2 Å². The van der Waals surface area contributed by atoms with Gasteiger partial charge in [0.15, 0.2) is 0 Å². The van der Waals surface area contributed by atoms with Crippen LogP contribution in [-0.4, -0.2) is 80.0 Å². The lowest BCUT2D eigenvalue weighted by atomic mass is 9.97. The van der Waals surface area contributed by atoms with Gasteiger partial charge in [-0.2, -0.15) is 0 Å². The molecule has 0 aromatic carbocycles. The fourth-order valence-corrected chi connectivity index (χ4v) is 4.80. The number of carboxylic acid groups (broad SMARTS) is 2. The molecule has 0 fully saturated rings. The molecule has 48 heavy (non-hydrogen) atoms. The summed E-state index contributed by atoms with van der Waals surface area (Å²) in [4.78, 5) is 137. The first-order valence-electron chi connectivity index (χ1n) is 16.6. The standard InChI is InChI=1S/C34H46O14/c35-23(25(38)26(39)27(40)28(41)29(42)30(43)31(44)32(45)33(46)34(47)48)21-19-17-15-13-11-9-7-5-3-1-2-4-6-8-10-12-14-16-18-20-22-24(36)37/h1-22H2,(H,36,37)(H,47,48). The molecule has 0 saturated carbocycles. The quantitative estimate of drug-likeness (QED) is 0.0574. The van der Waals surface area contributed by atoms with Gasteiger partial charge in [0.1, 0.15) is 0 Å². The zero-order valence-corrected chi connectivity index (χ0v) is 27.3. The molecule has 0 spiro atoms. The van der Waals surface area contributed by atoms with Gasteiger partial charge in [0, 0.05) is 12.8 Å². The van der Waals surface area contributed by atoms with Gasteiger partial charge in [0.05, 0.1) is 0 Å². The van der Waals surface area contributed by atoms with Crippen LogP contribution >= 0.6 is 0 Å². The Kier molecular flexibility index (Phi) is 23.4. The third-order valence-electron chi connectivity index (χ3n) is 7.64. The van der Waals surface area contributed by atoms with Crippen LogP contribution in [0.2, 0.25) is 0 Å². The summed E-state index contributed by atoms with van der Waals surface area (Å²) >= 11 is 0. The van der Waals surface area contributed by atoms with Gasteiger partial charge in [-0.25, -0.2) is 4.79 Å². The largest absolute Gasteiger partial charge is 0.481 e. The highest BCUT2D eigenvalue weighted by atomic mass is 16.4. The second kappa shape index (κ2) is 25.7. The van der Waals surface area contributed by atoms with E-state index in [0.717, 1.165) is 51.4 Å². The summed E-state index contributed by atoms with van der Waals surface area (Å²) < 4.78 is 0. The normalized spacial score (nSPS) is 10.6. The van der Waals surface area contributed by atoms with Gasteiger partial charge >= 0.3 is 17.7 Å². The summed E-state index contributed by atoms with van der Waals surface area (Å²) in [5, 5.41) is 17.0. The maximum atomic E-state index is 12.0. The fraction of sp³-hybridized carbons (Fsp3) is 0.647. The highest BCUT2D eigenvalue weighted by Crippen LogP contribution is 2.15. The van der Waals surface area contributed by atoms with Crippen LogP contribution in [0.15, 0.2) is 0 Å². The van der Waals surface area contributed by atoms with Crippen molar-refractivity contribution in [3.05, 3.63) is 0 Å². The highest BCUT2D eigenvalue weighted by molar-refractivity contribution is 7.02. The first kappa shape index (κ1) is 43.6. The number of carboxylic acids is 2. The van der Waals surface area contributed by atoms with E-state index in [9.17, 15) is 57.5 Å². The van der Waals surface area contributed by atoms with Crippen LogP contribution in [0.1, 0.15) is 141 Å². The van der Waals surface area contributed by atoms with Gasteiger partial charge in [0.2, 0.25) is 5.78 Å². The Morgan fingerprint density at radius 1 is 0.250 bits per heavy atom. The van der Waals surface area contributed by atoms with Crippen LogP contribution in [-0.2, 0) is 57.5 Å². The lowest BCUT2D eigenvalue weighted by molar-refractivity contribution is -0.158. The topological polar surface area (TPSA) is 245 Å². The third kappa shape index (κ3) is 18.7. The Morgan fingerprint density at radius 2 is 0.458 bits per heavy atom. The van der Waals surface area contributed by atoms with Crippen LogP contribution in [0.4, 0.5) is 0 Å². The minimum atomic E-state index is -2.55. The molecular formula is C34H46O14. The lowest BCUT2D eigenvalue weighted by Crippen LogP contribution is -2.44. The molecule has 266 valence electrons. The van der Waals surface area contributed by atoms with Crippen LogP contribution in [0.5, 0.6) is 0 Å². The van der Waals surface area contributed by atoms with E-state index in [4.69, 9.17) is 10.2 Å². The number of hydrogen-bond donors (Lipinski definition) is 2. The van der Waals surface area contributed by atoms with Crippen molar-refractivity contribution in [2.24, 2.45) is 0 Å². The molecule has 0 rings (SSSR count). The molecule has 0 heterocycles. The van der Waals surface area contributed by atoms with Crippen molar-refractivity contribution >= 4 is 69.8 Å². The Labute approximate surface area is 278 Å². The average molecular weight is 679 g/mol. The lowest BCUT2D eigenvalue weighted by Gasteiger charge is -2.04. The van der Waals surface area contributed by atoms with E-state index in [0.29, 0.717) is 6.42 Å². The maximum Gasteiger partial charge on any atom is 0.380 e. The zero-order chi connectivity index (χ0) is 36.5. The zero-order valence-electron chi connectivity index (χ0n) is 27.3.